The van der Waals surface area contributed by atoms with Gasteiger partial charge in [0.15, 0.2) is 5.76 Å². The van der Waals surface area contributed by atoms with Crippen LogP contribution in [0.25, 0.3) is 0 Å². The van der Waals surface area contributed by atoms with E-state index in [1.54, 1.807) is 0 Å². The number of carbonyl (C=O) groups excluding carboxylic acids is 1. The molecule has 1 aliphatic heterocycles. The van der Waals surface area contributed by atoms with Gasteiger partial charge in [0.2, 0.25) is 5.09 Å². The summed E-state index contributed by atoms with van der Waals surface area (Å²) in [4.78, 5) is 13.2. The van der Waals surface area contributed by atoms with E-state index in [0.29, 0.717) is 13.0 Å². The van der Waals surface area contributed by atoms with E-state index in [1.165, 1.54) is 11.0 Å². The summed E-state index contributed by atoms with van der Waals surface area (Å²) in [5, 5.41) is 13.7. The second-order valence-corrected chi connectivity index (χ2v) is 5.35. The van der Waals surface area contributed by atoms with Gasteiger partial charge in [-0.2, -0.15) is 0 Å². The number of nitrogens with zero attached hydrogens (tertiary/aromatic N) is 1. The molecule has 17 heavy (non-hydrogen) atoms. The van der Waals surface area contributed by atoms with Crippen LogP contribution in [-0.4, -0.2) is 43.5 Å². The summed E-state index contributed by atoms with van der Waals surface area (Å²) in [6, 6.07) is 2.39. The highest BCUT2D eigenvalue weighted by atomic mass is 32.2. The minimum absolute atomic E-state index is 0.0943. The van der Waals surface area contributed by atoms with Gasteiger partial charge in [-0.05, 0) is 18.6 Å². The van der Waals surface area contributed by atoms with Crippen LogP contribution in [0.3, 0.4) is 0 Å². The van der Waals surface area contributed by atoms with Crippen molar-refractivity contribution >= 4 is 15.9 Å². The first kappa shape index (κ1) is 12.1. The van der Waals surface area contributed by atoms with Gasteiger partial charge in [0.1, 0.15) is 0 Å². The van der Waals surface area contributed by atoms with Crippen molar-refractivity contribution in [2.75, 3.05) is 13.1 Å². The van der Waals surface area contributed by atoms with Crippen molar-refractivity contribution in [2.45, 2.75) is 17.6 Å². The standard InChI is InChI=1S/C9H12N2O5S/c10-17(14,15)8-2-1-7(16-8)9(13)11-4-3-6(12)5-11/h1-2,6,12H,3-5H2,(H2,10,14,15). The minimum atomic E-state index is -3.94. The number of furan rings is 1. The van der Waals surface area contributed by atoms with Gasteiger partial charge in [-0.1, -0.05) is 0 Å². The monoisotopic (exact) mass is 260 g/mol. The lowest BCUT2D eigenvalue weighted by Crippen LogP contribution is -2.29. The van der Waals surface area contributed by atoms with Crippen LogP contribution in [-0.2, 0) is 10.0 Å². The zero-order valence-electron chi connectivity index (χ0n) is 8.87. The van der Waals surface area contributed by atoms with E-state index in [2.05, 4.69) is 0 Å². The number of carbonyl (C=O) groups is 1. The predicted molar refractivity (Wildman–Crippen MR) is 56.6 cm³/mol. The third-order valence-electron chi connectivity index (χ3n) is 2.52. The Bertz CT molecular complexity index is 535. The summed E-state index contributed by atoms with van der Waals surface area (Å²) in [5.74, 6) is -0.542. The topological polar surface area (TPSA) is 114 Å². The van der Waals surface area contributed by atoms with E-state index in [0.717, 1.165) is 6.07 Å². The Morgan fingerprint density at radius 3 is 2.71 bits per heavy atom. The molecule has 1 unspecified atom stereocenters. The van der Waals surface area contributed by atoms with Crippen molar-refractivity contribution in [1.82, 2.24) is 4.90 Å². The number of aliphatic hydroxyl groups is 1. The zero-order valence-corrected chi connectivity index (χ0v) is 9.68. The van der Waals surface area contributed by atoms with Gasteiger partial charge < -0.3 is 14.4 Å². The number of hydrogen-bond donors (Lipinski definition) is 2. The number of hydrogen-bond acceptors (Lipinski definition) is 5. The normalized spacial score (nSPS) is 20.8. The van der Waals surface area contributed by atoms with E-state index in [9.17, 15) is 18.3 Å². The Morgan fingerprint density at radius 2 is 2.24 bits per heavy atom. The van der Waals surface area contributed by atoms with Gasteiger partial charge in [-0.25, -0.2) is 13.6 Å². The highest BCUT2D eigenvalue weighted by molar-refractivity contribution is 7.89. The molecular formula is C9H12N2O5S. The molecule has 94 valence electrons. The molecule has 0 aromatic carbocycles. The molecule has 1 saturated heterocycles. The number of aliphatic hydroxyl groups excluding tert-OH is 1. The van der Waals surface area contributed by atoms with Gasteiger partial charge in [0.05, 0.1) is 6.10 Å². The third kappa shape index (κ3) is 2.48. The van der Waals surface area contributed by atoms with Gasteiger partial charge in [0.25, 0.3) is 15.9 Å². The lowest BCUT2D eigenvalue weighted by atomic mass is 10.3. The number of nitrogens with two attached hydrogens (primary N) is 1. The zero-order chi connectivity index (χ0) is 12.6. The highest BCUT2D eigenvalue weighted by Crippen LogP contribution is 2.17. The summed E-state index contributed by atoms with van der Waals surface area (Å²) < 4.78 is 26.8. The lowest BCUT2D eigenvalue weighted by molar-refractivity contribution is 0.0728. The van der Waals surface area contributed by atoms with Crippen LogP contribution in [0.5, 0.6) is 0 Å². The van der Waals surface area contributed by atoms with E-state index < -0.39 is 27.1 Å². The molecule has 2 rings (SSSR count). The van der Waals surface area contributed by atoms with E-state index in [4.69, 9.17) is 9.56 Å². The molecule has 7 nitrogen and oxygen atoms in total. The van der Waals surface area contributed by atoms with Gasteiger partial charge in [0, 0.05) is 13.1 Å². The van der Waals surface area contributed by atoms with E-state index >= 15 is 0 Å². The lowest BCUT2D eigenvalue weighted by Gasteiger charge is -2.13. The Kier molecular flexibility index (Phi) is 2.94. The van der Waals surface area contributed by atoms with Crippen molar-refractivity contribution in [2.24, 2.45) is 5.14 Å². The van der Waals surface area contributed by atoms with Crippen LogP contribution in [0.2, 0.25) is 0 Å². The van der Waals surface area contributed by atoms with Crippen molar-refractivity contribution in [3.8, 4) is 0 Å². The Hall–Kier alpha value is -1.38. The van der Waals surface area contributed by atoms with Gasteiger partial charge in [-0.3, -0.25) is 4.79 Å². The largest absolute Gasteiger partial charge is 0.438 e. The quantitative estimate of drug-likeness (QED) is 0.717. The molecule has 1 amide bonds. The molecule has 0 bridgehead atoms. The van der Waals surface area contributed by atoms with Crippen LogP contribution >= 0.6 is 0 Å². The first-order chi connectivity index (χ1) is 7.88. The van der Waals surface area contributed by atoms with Gasteiger partial charge >= 0.3 is 0 Å². The maximum Gasteiger partial charge on any atom is 0.289 e. The van der Waals surface area contributed by atoms with Crippen LogP contribution in [0.4, 0.5) is 0 Å². The van der Waals surface area contributed by atoms with Crippen LogP contribution < -0.4 is 5.14 Å². The molecule has 1 atom stereocenters. The molecule has 2 heterocycles. The maximum atomic E-state index is 11.8. The van der Waals surface area contributed by atoms with Crippen molar-refractivity contribution in [1.29, 1.82) is 0 Å². The molecule has 0 aliphatic carbocycles. The molecule has 8 heteroatoms. The number of rotatable bonds is 2. The highest BCUT2D eigenvalue weighted by Gasteiger charge is 2.28. The number of primary sulfonamides is 1. The maximum absolute atomic E-state index is 11.8. The first-order valence-corrected chi connectivity index (χ1v) is 6.52. The molecule has 1 aliphatic rings. The number of amides is 1. The van der Waals surface area contributed by atoms with Crippen LogP contribution in [0, 0.1) is 0 Å². The smallest absolute Gasteiger partial charge is 0.289 e. The molecular weight excluding hydrogens is 248 g/mol. The average Bonchev–Trinajstić information content (AvgIpc) is 2.83. The molecule has 0 spiro atoms. The fourth-order valence-electron chi connectivity index (χ4n) is 1.67. The first-order valence-electron chi connectivity index (χ1n) is 4.98. The summed E-state index contributed by atoms with van der Waals surface area (Å²) >= 11 is 0. The third-order valence-corrected chi connectivity index (χ3v) is 3.30. The molecule has 1 aromatic heterocycles. The fourth-order valence-corrected chi connectivity index (χ4v) is 2.13. The minimum Gasteiger partial charge on any atom is -0.438 e. The van der Waals surface area contributed by atoms with Crippen molar-refractivity contribution in [3.63, 3.8) is 0 Å². The van der Waals surface area contributed by atoms with Crippen LogP contribution in [0.15, 0.2) is 21.6 Å². The van der Waals surface area contributed by atoms with Crippen molar-refractivity contribution < 1.29 is 22.7 Å². The number of sulfonamides is 1. The molecule has 0 saturated carbocycles. The molecule has 3 N–H and O–H groups in total. The summed E-state index contributed by atoms with van der Waals surface area (Å²) in [5.41, 5.74) is 0. The molecule has 0 radical (unpaired) electrons. The molecule has 1 aromatic rings. The summed E-state index contributed by atoms with van der Waals surface area (Å²) in [6.45, 7) is 0.648. The van der Waals surface area contributed by atoms with Crippen LogP contribution in [0.1, 0.15) is 17.0 Å². The number of β-amino-alcohol motifs (C(OH)–C–C–N with tert-alkyl or cyclic N) is 1. The van der Waals surface area contributed by atoms with E-state index in [-0.39, 0.29) is 12.3 Å². The Morgan fingerprint density at radius 1 is 1.53 bits per heavy atom. The average molecular weight is 260 g/mol. The van der Waals surface area contributed by atoms with Crippen molar-refractivity contribution in [3.05, 3.63) is 17.9 Å². The molecule has 1 fully saturated rings. The Balaban J connectivity index is 2.18. The number of likely N-dealkylation sites (tertiary alicyclic amines) is 1. The summed E-state index contributed by atoms with van der Waals surface area (Å²) in [6.07, 6.45) is -0.0271. The second kappa shape index (κ2) is 4.13. The van der Waals surface area contributed by atoms with Gasteiger partial charge in [-0.15, -0.1) is 0 Å². The predicted octanol–water partition coefficient (Wildman–Crippen LogP) is -0.866. The van der Waals surface area contributed by atoms with E-state index in [1.807, 2.05) is 0 Å². The fraction of sp³-hybridized carbons (Fsp3) is 0.444. The SMILES string of the molecule is NS(=O)(=O)c1ccc(C(=O)N2CCC(O)C2)o1. The second-order valence-electron chi connectivity index (χ2n) is 3.86. The summed E-state index contributed by atoms with van der Waals surface area (Å²) in [7, 11) is -3.94. The Labute approximate surface area is 97.9 Å².